The van der Waals surface area contributed by atoms with Crippen LogP contribution in [0.25, 0.3) is 0 Å². The van der Waals surface area contributed by atoms with Gasteiger partial charge in [-0.15, -0.1) is 0 Å². The van der Waals surface area contributed by atoms with Gasteiger partial charge in [-0.25, -0.2) is 8.78 Å². The van der Waals surface area contributed by atoms with E-state index >= 15 is 0 Å². The summed E-state index contributed by atoms with van der Waals surface area (Å²) in [5.74, 6) is -0.869. The zero-order chi connectivity index (χ0) is 14.9. The molecule has 0 aliphatic heterocycles. The summed E-state index contributed by atoms with van der Waals surface area (Å²) in [7, 11) is 0. The molecule has 5 heteroatoms. The zero-order valence-corrected chi connectivity index (χ0v) is 12.5. The van der Waals surface area contributed by atoms with E-state index in [0.717, 1.165) is 5.56 Å². The van der Waals surface area contributed by atoms with Gasteiger partial charge < -0.3 is 5.32 Å². The first kappa shape index (κ1) is 15.1. The van der Waals surface area contributed by atoms with Crippen LogP contribution in [0.4, 0.5) is 14.5 Å². The number of halogens is 4. The molecule has 0 heterocycles. The molecule has 2 aromatic rings. The summed E-state index contributed by atoms with van der Waals surface area (Å²) in [6.07, 6.45) is 0. The summed E-state index contributed by atoms with van der Waals surface area (Å²) >= 11 is 12.0. The molecule has 1 atom stereocenters. The third-order valence-corrected chi connectivity index (χ3v) is 3.65. The summed E-state index contributed by atoms with van der Waals surface area (Å²) in [5.41, 5.74) is 1.83. The van der Waals surface area contributed by atoms with Crippen LogP contribution in [-0.4, -0.2) is 0 Å². The predicted octanol–water partition coefficient (Wildman–Crippen LogP) is 5.75. The molecular weight excluding hydrogens is 303 g/mol. The van der Waals surface area contributed by atoms with Crippen LogP contribution in [0.2, 0.25) is 10.0 Å². The Hall–Kier alpha value is -1.32. The van der Waals surface area contributed by atoms with Gasteiger partial charge in [0.15, 0.2) is 0 Å². The number of rotatable bonds is 3. The molecule has 2 rings (SSSR count). The number of benzene rings is 2. The number of anilines is 1. The predicted molar refractivity (Wildman–Crippen MR) is 79.6 cm³/mol. The van der Waals surface area contributed by atoms with E-state index in [1.165, 1.54) is 24.3 Å². The average molecular weight is 316 g/mol. The second-order valence-electron chi connectivity index (χ2n) is 4.64. The summed E-state index contributed by atoms with van der Waals surface area (Å²) < 4.78 is 26.9. The monoisotopic (exact) mass is 315 g/mol. The van der Waals surface area contributed by atoms with E-state index in [-0.39, 0.29) is 16.9 Å². The minimum absolute atomic E-state index is 0.0226. The van der Waals surface area contributed by atoms with E-state index < -0.39 is 5.82 Å². The minimum Gasteiger partial charge on any atom is -0.378 e. The molecule has 106 valence electrons. The van der Waals surface area contributed by atoms with E-state index in [2.05, 4.69) is 5.32 Å². The van der Waals surface area contributed by atoms with Gasteiger partial charge in [0.05, 0.1) is 11.1 Å². The Bertz CT molecular complexity index is 624. The van der Waals surface area contributed by atoms with Crippen LogP contribution in [0, 0.1) is 18.6 Å². The van der Waals surface area contributed by atoms with Gasteiger partial charge in [0.25, 0.3) is 0 Å². The molecule has 2 aromatic carbocycles. The molecule has 0 radical (unpaired) electrons. The maximum atomic E-state index is 13.5. The minimum atomic E-state index is -0.532. The second-order valence-corrected chi connectivity index (χ2v) is 5.43. The maximum Gasteiger partial charge on any atom is 0.142 e. The standard InChI is InChI=1S/C15H13Cl2F2N/c1-8-5-10(18)7-11(6-8)20-9(2)14-12(16)3-4-13(19)15(14)17/h3-7,9,20H,1-2H3. The lowest BCUT2D eigenvalue weighted by Crippen LogP contribution is -2.09. The van der Waals surface area contributed by atoms with E-state index in [1.54, 1.807) is 19.9 Å². The molecule has 20 heavy (non-hydrogen) atoms. The molecule has 0 amide bonds. The Morgan fingerprint density at radius 2 is 1.80 bits per heavy atom. The number of hydrogen-bond donors (Lipinski definition) is 1. The van der Waals surface area contributed by atoms with Crippen molar-refractivity contribution in [2.24, 2.45) is 0 Å². The normalized spacial score (nSPS) is 12.3. The highest BCUT2D eigenvalue weighted by Crippen LogP contribution is 2.34. The molecule has 0 aromatic heterocycles. The number of aryl methyl sites for hydroxylation is 1. The fraction of sp³-hybridized carbons (Fsp3) is 0.200. The van der Waals surface area contributed by atoms with Crippen molar-refractivity contribution >= 4 is 28.9 Å². The topological polar surface area (TPSA) is 12.0 Å². The van der Waals surface area contributed by atoms with Gasteiger partial charge in [-0.2, -0.15) is 0 Å². The Kier molecular flexibility index (Phi) is 4.51. The molecule has 1 nitrogen and oxygen atoms in total. The Morgan fingerprint density at radius 3 is 2.45 bits per heavy atom. The molecule has 0 saturated carbocycles. The van der Waals surface area contributed by atoms with Crippen molar-refractivity contribution in [3.8, 4) is 0 Å². The van der Waals surface area contributed by atoms with E-state index in [4.69, 9.17) is 23.2 Å². The third-order valence-electron chi connectivity index (χ3n) is 2.94. The van der Waals surface area contributed by atoms with Crippen molar-refractivity contribution in [3.63, 3.8) is 0 Å². The lowest BCUT2D eigenvalue weighted by atomic mass is 10.1. The van der Waals surface area contributed by atoms with Crippen LogP contribution < -0.4 is 5.32 Å². The molecule has 0 saturated heterocycles. The molecule has 1 unspecified atom stereocenters. The van der Waals surface area contributed by atoms with E-state index in [9.17, 15) is 8.78 Å². The maximum absolute atomic E-state index is 13.5. The van der Waals surface area contributed by atoms with Gasteiger partial charge >= 0.3 is 0 Å². The van der Waals surface area contributed by atoms with E-state index in [1.807, 2.05) is 0 Å². The smallest absolute Gasteiger partial charge is 0.142 e. The third kappa shape index (κ3) is 3.22. The van der Waals surface area contributed by atoms with Crippen LogP contribution in [0.5, 0.6) is 0 Å². The van der Waals surface area contributed by atoms with Crippen molar-refractivity contribution in [3.05, 3.63) is 63.1 Å². The van der Waals surface area contributed by atoms with E-state index in [0.29, 0.717) is 16.3 Å². The molecular formula is C15H13Cl2F2N. The first-order valence-electron chi connectivity index (χ1n) is 6.05. The van der Waals surface area contributed by atoms with Gasteiger partial charge in [-0.05, 0) is 49.7 Å². The van der Waals surface area contributed by atoms with Gasteiger partial charge in [0.2, 0.25) is 0 Å². The highest BCUT2D eigenvalue weighted by molar-refractivity contribution is 6.36. The SMILES string of the molecule is Cc1cc(F)cc(NC(C)c2c(Cl)ccc(F)c2Cl)c1. The van der Waals surface area contributed by atoms with Crippen LogP contribution in [0.3, 0.4) is 0 Å². The van der Waals surface area contributed by atoms with Gasteiger partial charge in [0.1, 0.15) is 11.6 Å². The summed E-state index contributed by atoms with van der Waals surface area (Å²) in [6.45, 7) is 3.58. The molecule has 0 aliphatic rings. The van der Waals surface area contributed by atoms with Crippen LogP contribution >= 0.6 is 23.2 Å². The van der Waals surface area contributed by atoms with Crippen LogP contribution in [-0.2, 0) is 0 Å². The molecule has 0 fully saturated rings. The number of hydrogen-bond acceptors (Lipinski definition) is 1. The summed E-state index contributed by atoms with van der Waals surface area (Å²) in [4.78, 5) is 0. The quantitative estimate of drug-likeness (QED) is 0.711. The van der Waals surface area contributed by atoms with Crippen molar-refractivity contribution in [1.82, 2.24) is 0 Å². The van der Waals surface area contributed by atoms with Crippen molar-refractivity contribution < 1.29 is 8.78 Å². The number of nitrogens with one attached hydrogen (secondary N) is 1. The lowest BCUT2D eigenvalue weighted by molar-refractivity contribution is 0.623. The summed E-state index contributed by atoms with van der Waals surface area (Å²) in [6, 6.07) is 6.90. The van der Waals surface area contributed by atoms with Gasteiger partial charge in [-0.1, -0.05) is 23.2 Å². The first-order valence-corrected chi connectivity index (χ1v) is 6.81. The highest BCUT2D eigenvalue weighted by atomic mass is 35.5. The van der Waals surface area contributed by atoms with Gasteiger partial charge in [0, 0.05) is 16.3 Å². The molecule has 0 spiro atoms. The van der Waals surface area contributed by atoms with Gasteiger partial charge in [-0.3, -0.25) is 0 Å². The lowest BCUT2D eigenvalue weighted by Gasteiger charge is -2.19. The Labute approximate surface area is 126 Å². The van der Waals surface area contributed by atoms with Crippen molar-refractivity contribution in [1.29, 1.82) is 0 Å². The molecule has 1 N–H and O–H groups in total. The molecule has 0 bridgehead atoms. The molecule has 0 aliphatic carbocycles. The summed E-state index contributed by atoms with van der Waals surface area (Å²) in [5, 5.41) is 3.42. The largest absolute Gasteiger partial charge is 0.378 e. The first-order chi connectivity index (χ1) is 9.38. The average Bonchev–Trinajstić information content (AvgIpc) is 2.33. The second kappa shape index (κ2) is 5.98. The Balaban J connectivity index is 2.33. The van der Waals surface area contributed by atoms with Crippen LogP contribution in [0.1, 0.15) is 24.1 Å². The van der Waals surface area contributed by atoms with Crippen molar-refractivity contribution in [2.75, 3.05) is 5.32 Å². The fourth-order valence-electron chi connectivity index (χ4n) is 2.08. The van der Waals surface area contributed by atoms with Crippen LogP contribution in [0.15, 0.2) is 30.3 Å². The Morgan fingerprint density at radius 1 is 1.10 bits per heavy atom. The highest BCUT2D eigenvalue weighted by Gasteiger charge is 2.17. The zero-order valence-electron chi connectivity index (χ0n) is 11.0. The van der Waals surface area contributed by atoms with Crippen molar-refractivity contribution in [2.45, 2.75) is 19.9 Å². The fourth-order valence-corrected chi connectivity index (χ4v) is 2.78.